The molecule has 2 unspecified atom stereocenters. The summed E-state index contributed by atoms with van der Waals surface area (Å²) in [5.74, 6) is 1.53. The monoisotopic (exact) mass is 414 g/mol. The second kappa shape index (κ2) is 9.49. The van der Waals surface area contributed by atoms with Gasteiger partial charge in [0.2, 0.25) is 11.8 Å². The molecule has 0 spiro atoms. The minimum absolute atomic E-state index is 0.0242. The van der Waals surface area contributed by atoms with Gasteiger partial charge in [-0.2, -0.15) is 0 Å². The molecule has 0 radical (unpaired) electrons. The van der Waals surface area contributed by atoms with Crippen molar-refractivity contribution >= 4 is 11.8 Å². The molecule has 3 fully saturated rings. The Morgan fingerprint density at radius 3 is 2.13 bits per heavy atom. The predicted molar refractivity (Wildman–Crippen MR) is 115 cm³/mol. The first-order chi connectivity index (χ1) is 14.6. The van der Waals surface area contributed by atoms with Crippen LogP contribution in [0.3, 0.4) is 0 Å². The van der Waals surface area contributed by atoms with E-state index in [0.29, 0.717) is 32.1 Å². The Kier molecular flexibility index (Phi) is 6.74. The average Bonchev–Trinajstić information content (AvgIpc) is 3.58. The van der Waals surface area contributed by atoms with E-state index < -0.39 is 0 Å². The van der Waals surface area contributed by atoms with Crippen LogP contribution in [0, 0.1) is 23.6 Å². The Balaban J connectivity index is 1.21. The molecule has 1 aromatic rings. The van der Waals surface area contributed by atoms with E-state index in [0.717, 1.165) is 30.7 Å². The summed E-state index contributed by atoms with van der Waals surface area (Å²) in [5, 5.41) is 0. The van der Waals surface area contributed by atoms with Crippen LogP contribution in [0.15, 0.2) is 24.3 Å². The minimum Gasteiger partial charge on any atom is -0.339 e. The molecule has 3 aliphatic rings. The molecule has 0 aromatic heterocycles. The normalized spacial score (nSPS) is 29.0. The molecule has 30 heavy (non-hydrogen) atoms. The van der Waals surface area contributed by atoms with Gasteiger partial charge >= 0.3 is 0 Å². The van der Waals surface area contributed by atoms with Crippen LogP contribution in [0.5, 0.6) is 0 Å². The van der Waals surface area contributed by atoms with E-state index in [4.69, 9.17) is 0 Å². The number of hydrogen-bond acceptors (Lipinski definition) is 2. The lowest BCUT2D eigenvalue weighted by Gasteiger charge is -2.38. The van der Waals surface area contributed by atoms with Crippen molar-refractivity contribution in [2.24, 2.45) is 17.8 Å². The van der Waals surface area contributed by atoms with E-state index in [9.17, 15) is 14.0 Å². The Morgan fingerprint density at radius 1 is 0.933 bits per heavy atom. The highest BCUT2D eigenvalue weighted by molar-refractivity contribution is 5.84. The highest BCUT2D eigenvalue weighted by Crippen LogP contribution is 2.48. The number of nitrogens with zero attached hydrogens (tertiary/aromatic N) is 2. The molecule has 2 amide bonds. The highest BCUT2D eigenvalue weighted by atomic mass is 19.1. The number of hydrogen-bond donors (Lipinski definition) is 0. The van der Waals surface area contributed by atoms with Crippen molar-refractivity contribution in [3.8, 4) is 0 Å². The van der Waals surface area contributed by atoms with Gasteiger partial charge in [-0.15, -0.1) is 0 Å². The number of halogens is 1. The van der Waals surface area contributed by atoms with Crippen LogP contribution >= 0.6 is 0 Å². The molecule has 2 aliphatic carbocycles. The Hall–Kier alpha value is -1.91. The van der Waals surface area contributed by atoms with Gasteiger partial charge in [0.1, 0.15) is 5.82 Å². The maximum atomic E-state index is 13.1. The zero-order valence-electron chi connectivity index (χ0n) is 18.2. The summed E-state index contributed by atoms with van der Waals surface area (Å²) in [5.41, 5.74) is 1.05. The topological polar surface area (TPSA) is 40.6 Å². The predicted octanol–water partition coefficient (Wildman–Crippen LogP) is 4.60. The Labute approximate surface area is 179 Å². The number of unbranched alkanes of at least 4 members (excludes halogenated alkanes) is 1. The van der Waals surface area contributed by atoms with Crippen LogP contribution in [0.1, 0.15) is 69.8 Å². The van der Waals surface area contributed by atoms with Crippen LogP contribution in [0.2, 0.25) is 0 Å². The second-order valence-electron chi connectivity index (χ2n) is 9.51. The second-order valence-corrected chi connectivity index (χ2v) is 9.51. The maximum absolute atomic E-state index is 13.1. The third kappa shape index (κ3) is 4.87. The fourth-order valence-electron chi connectivity index (χ4n) is 5.38. The number of benzene rings is 1. The fourth-order valence-corrected chi connectivity index (χ4v) is 5.38. The molecule has 1 aromatic carbocycles. The van der Waals surface area contributed by atoms with Gasteiger partial charge in [0.05, 0.1) is 0 Å². The lowest BCUT2D eigenvalue weighted by atomic mass is 9.79. The SMILES string of the molecule is CCCCC1CCC(C(=O)N2CCN(C(=O)C3CC3c3ccc(F)cc3)CC2)CC1. The summed E-state index contributed by atoms with van der Waals surface area (Å²) < 4.78 is 13.1. The molecule has 4 rings (SSSR count). The van der Waals surface area contributed by atoms with E-state index >= 15 is 0 Å². The van der Waals surface area contributed by atoms with Gasteiger partial charge in [-0.05, 0) is 61.6 Å². The molecule has 2 saturated carbocycles. The fraction of sp³-hybridized carbons (Fsp3) is 0.680. The van der Waals surface area contributed by atoms with Gasteiger partial charge in [0, 0.05) is 38.0 Å². The molecule has 0 bridgehead atoms. The highest BCUT2D eigenvalue weighted by Gasteiger charge is 2.46. The Bertz CT molecular complexity index is 734. The van der Waals surface area contributed by atoms with Crippen LogP contribution in [0.25, 0.3) is 0 Å². The summed E-state index contributed by atoms with van der Waals surface area (Å²) in [4.78, 5) is 29.7. The first-order valence-corrected chi connectivity index (χ1v) is 11.9. The molecule has 4 nitrogen and oxygen atoms in total. The molecule has 1 aliphatic heterocycles. The van der Waals surface area contributed by atoms with E-state index in [1.54, 1.807) is 12.1 Å². The summed E-state index contributed by atoms with van der Waals surface area (Å²) >= 11 is 0. The summed E-state index contributed by atoms with van der Waals surface area (Å²) in [6.07, 6.45) is 9.20. The van der Waals surface area contributed by atoms with Crippen molar-refractivity contribution in [2.45, 2.75) is 64.2 Å². The minimum atomic E-state index is -0.238. The third-order valence-electron chi connectivity index (χ3n) is 7.47. The number of piperazine rings is 1. The maximum Gasteiger partial charge on any atom is 0.226 e. The van der Waals surface area contributed by atoms with Crippen molar-refractivity contribution < 1.29 is 14.0 Å². The average molecular weight is 415 g/mol. The number of carbonyl (C=O) groups is 2. The van der Waals surface area contributed by atoms with Gasteiger partial charge in [-0.25, -0.2) is 4.39 Å². The van der Waals surface area contributed by atoms with E-state index in [1.807, 2.05) is 9.80 Å². The molecule has 0 N–H and O–H groups in total. The van der Waals surface area contributed by atoms with Crippen LogP contribution in [0.4, 0.5) is 4.39 Å². The summed E-state index contributed by atoms with van der Waals surface area (Å²) in [7, 11) is 0. The Morgan fingerprint density at radius 2 is 1.53 bits per heavy atom. The number of rotatable bonds is 6. The molecule has 2 atom stereocenters. The van der Waals surface area contributed by atoms with Crippen LogP contribution < -0.4 is 0 Å². The summed E-state index contributed by atoms with van der Waals surface area (Å²) in [6, 6.07) is 6.52. The smallest absolute Gasteiger partial charge is 0.226 e. The van der Waals surface area contributed by atoms with Crippen LogP contribution in [-0.4, -0.2) is 47.8 Å². The van der Waals surface area contributed by atoms with Crippen molar-refractivity contribution in [3.63, 3.8) is 0 Å². The zero-order chi connectivity index (χ0) is 21.1. The van der Waals surface area contributed by atoms with Gasteiger partial charge in [-0.1, -0.05) is 38.3 Å². The van der Waals surface area contributed by atoms with E-state index in [1.165, 1.54) is 44.2 Å². The van der Waals surface area contributed by atoms with Crippen LogP contribution in [-0.2, 0) is 9.59 Å². The molecule has 164 valence electrons. The number of carbonyl (C=O) groups excluding carboxylic acids is 2. The summed E-state index contributed by atoms with van der Waals surface area (Å²) in [6.45, 7) is 4.85. The molecule has 5 heteroatoms. The first-order valence-electron chi connectivity index (χ1n) is 11.9. The van der Waals surface area contributed by atoms with Crippen molar-refractivity contribution in [3.05, 3.63) is 35.6 Å². The van der Waals surface area contributed by atoms with E-state index in [2.05, 4.69) is 6.92 Å². The van der Waals surface area contributed by atoms with Crippen molar-refractivity contribution in [2.75, 3.05) is 26.2 Å². The lowest BCUT2D eigenvalue weighted by Crippen LogP contribution is -2.52. The third-order valence-corrected chi connectivity index (χ3v) is 7.47. The first kappa shape index (κ1) is 21.3. The molecule has 1 saturated heterocycles. The zero-order valence-corrected chi connectivity index (χ0v) is 18.2. The van der Waals surface area contributed by atoms with E-state index in [-0.39, 0.29) is 29.5 Å². The quantitative estimate of drug-likeness (QED) is 0.683. The largest absolute Gasteiger partial charge is 0.339 e. The van der Waals surface area contributed by atoms with Gasteiger partial charge in [-0.3, -0.25) is 9.59 Å². The molecular formula is C25H35FN2O2. The van der Waals surface area contributed by atoms with Gasteiger partial charge in [0.25, 0.3) is 0 Å². The van der Waals surface area contributed by atoms with Gasteiger partial charge in [0.15, 0.2) is 0 Å². The molecular weight excluding hydrogens is 379 g/mol. The van der Waals surface area contributed by atoms with Crippen molar-refractivity contribution in [1.29, 1.82) is 0 Å². The standard InChI is InChI=1S/C25H35FN2O2/c1-2-3-4-18-5-7-20(8-6-18)24(29)27-13-15-28(16-14-27)25(30)23-17-22(23)19-9-11-21(26)12-10-19/h9-12,18,20,22-23H,2-8,13-17H2,1H3. The molecule has 1 heterocycles. The number of amides is 2. The van der Waals surface area contributed by atoms with Gasteiger partial charge < -0.3 is 9.80 Å². The van der Waals surface area contributed by atoms with Crippen molar-refractivity contribution in [1.82, 2.24) is 9.80 Å². The lowest BCUT2D eigenvalue weighted by molar-refractivity contribution is -0.143.